The van der Waals surface area contributed by atoms with E-state index in [4.69, 9.17) is 14.6 Å². The molecular weight excluding hydrogens is 520 g/mol. The zero-order chi connectivity index (χ0) is 29.7. The van der Waals surface area contributed by atoms with Crippen LogP contribution in [0, 0.1) is 11.3 Å². The molecule has 1 aromatic carbocycles. The average Bonchev–Trinajstić information content (AvgIpc) is 3.27. The van der Waals surface area contributed by atoms with Crippen molar-refractivity contribution in [2.24, 2.45) is 11.3 Å². The van der Waals surface area contributed by atoms with Gasteiger partial charge in [0.2, 0.25) is 0 Å². The molecule has 220 valence electrons. The van der Waals surface area contributed by atoms with Crippen molar-refractivity contribution in [2.75, 3.05) is 19.7 Å². The van der Waals surface area contributed by atoms with Gasteiger partial charge < -0.3 is 18.9 Å². The number of nitrogens with zero attached hydrogens (tertiary/aromatic N) is 4. The first-order valence-electron chi connectivity index (χ1n) is 14.7. The third kappa shape index (κ3) is 5.76. The molecular formula is C32H42N4O5. The van der Waals surface area contributed by atoms with E-state index in [2.05, 4.69) is 43.5 Å². The summed E-state index contributed by atoms with van der Waals surface area (Å²) in [5, 5.41) is 6.10. The third-order valence-corrected chi connectivity index (χ3v) is 8.13. The van der Waals surface area contributed by atoms with Gasteiger partial charge in [-0.05, 0) is 63.9 Å². The number of esters is 1. The first kappa shape index (κ1) is 28.9. The Morgan fingerprint density at radius 2 is 1.78 bits per heavy atom. The first-order chi connectivity index (χ1) is 19.3. The number of hydrogen-bond donors (Lipinski definition) is 0. The van der Waals surface area contributed by atoms with E-state index in [1.165, 1.54) is 5.56 Å². The highest BCUT2D eigenvalue weighted by Crippen LogP contribution is 2.42. The molecule has 1 atom stereocenters. The molecule has 4 heterocycles. The molecule has 1 unspecified atom stereocenters. The van der Waals surface area contributed by atoms with E-state index in [-0.39, 0.29) is 35.1 Å². The predicted molar refractivity (Wildman–Crippen MR) is 158 cm³/mol. The summed E-state index contributed by atoms with van der Waals surface area (Å²) in [5.41, 5.74) is 2.83. The van der Waals surface area contributed by atoms with Gasteiger partial charge >= 0.3 is 12.1 Å². The number of aromatic nitrogens is 3. The molecule has 0 saturated carbocycles. The van der Waals surface area contributed by atoms with E-state index in [1.807, 2.05) is 30.4 Å². The Morgan fingerprint density at radius 1 is 1.07 bits per heavy atom. The fourth-order valence-electron chi connectivity index (χ4n) is 6.04. The molecule has 2 aliphatic heterocycles. The van der Waals surface area contributed by atoms with Crippen LogP contribution in [-0.2, 0) is 22.4 Å². The van der Waals surface area contributed by atoms with E-state index in [0.29, 0.717) is 25.6 Å². The zero-order valence-electron chi connectivity index (χ0n) is 25.3. The maximum absolute atomic E-state index is 13.1. The minimum atomic E-state index is -0.593. The number of fused-ring (bicyclic) bond motifs is 5. The van der Waals surface area contributed by atoms with Crippen LogP contribution < -0.4 is 5.43 Å². The molecule has 2 aliphatic rings. The normalized spacial score (nSPS) is 17.7. The second kappa shape index (κ2) is 10.7. The fraction of sp³-hybridized carbons (Fsp3) is 0.562. The average molecular weight is 563 g/mol. The van der Waals surface area contributed by atoms with Crippen LogP contribution in [0.4, 0.5) is 4.79 Å². The molecule has 0 radical (unpaired) electrons. The number of likely N-dealkylation sites (tertiary alicyclic amines) is 1. The maximum atomic E-state index is 13.1. The molecule has 3 aromatic rings. The van der Waals surface area contributed by atoms with Gasteiger partial charge in [-0.2, -0.15) is 5.10 Å². The number of ether oxygens (including phenoxy) is 2. The van der Waals surface area contributed by atoms with Crippen molar-refractivity contribution in [2.45, 2.75) is 85.9 Å². The Kier molecular flexibility index (Phi) is 7.51. The summed E-state index contributed by atoms with van der Waals surface area (Å²) in [6, 6.07) is 7.81. The van der Waals surface area contributed by atoms with Crippen LogP contribution in [0.1, 0.15) is 83.3 Å². The van der Waals surface area contributed by atoms with Crippen molar-refractivity contribution in [1.29, 1.82) is 0 Å². The molecule has 9 nitrogen and oxygen atoms in total. The number of piperidine rings is 1. The summed E-state index contributed by atoms with van der Waals surface area (Å²) in [4.78, 5) is 40.0. The van der Waals surface area contributed by atoms with E-state index in [0.717, 1.165) is 41.6 Å². The monoisotopic (exact) mass is 562 g/mol. The summed E-state index contributed by atoms with van der Waals surface area (Å²) < 4.78 is 14.8. The van der Waals surface area contributed by atoms with Crippen molar-refractivity contribution >= 4 is 23.0 Å². The zero-order valence-corrected chi connectivity index (χ0v) is 25.3. The van der Waals surface area contributed by atoms with Gasteiger partial charge in [0.1, 0.15) is 11.2 Å². The highest BCUT2D eigenvalue weighted by molar-refractivity contribution is 5.95. The Morgan fingerprint density at radius 3 is 2.41 bits per heavy atom. The second-order valence-corrected chi connectivity index (χ2v) is 13.4. The molecule has 2 aromatic heterocycles. The lowest BCUT2D eigenvalue weighted by molar-refractivity contribution is 0.0184. The Balaban J connectivity index is 1.47. The quantitative estimate of drug-likeness (QED) is 0.371. The summed E-state index contributed by atoms with van der Waals surface area (Å²) in [5.74, 6) is -0.160. The molecule has 0 aliphatic carbocycles. The van der Waals surface area contributed by atoms with Crippen LogP contribution in [0.25, 0.3) is 22.3 Å². The molecule has 0 spiro atoms. The fourth-order valence-corrected chi connectivity index (χ4v) is 6.04. The van der Waals surface area contributed by atoms with Crippen molar-refractivity contribution in [3.05, 3.63) is 51.8 Å². The molecule has 0 N–H and O–H groups in total. The maximum Gasteiger partial charge on any atom is 0.410 e. The van der Waals surface area contributed by atoms with Crippen molar-refractivity contribution < 1.29 is 19.1 Å². The van der Waals surface area contributed by atoms with Crippen LogP contribution in [0.5, 0.6) is 0 Å². The number of hydrogen-bond acceptors (Lipinski definition) is 6. The number of pyridine rings is 1. The first-order valence-corrected chi connectivity index (χ1v) is 14.7. The summed E-state index contributed by atoms with van der Waals surface area (Å²) >= 11 is 0. The Bertz CT molecular complexity index is 1530. The van der Waals surface area contributed by atoms with E-state index in [1.54, 1.807) is 19.2 Å². The SMILES string of the molecule is CCOC(=O)c1cn2c(cc1=O)-c1c3cccc(CC4CCN(C(=O)OC(C)(C)C)CC4)c3nn1CC2C(C)(C)C. The van der Waals surface area contributed by atoms with Crippen LogP contribution in [0.3, 0.4) is 0 Å². The second-order valence-electron chi connectivity index (χ2n) is 13.4. The van der Waals surface area contributed by atoms with Crippen molar-refractivity contribution in [1.82, 2.24) is 19.2 Å². The van der Waals surface area contributed by atoms with E-state index < -0.39 is 11.6 Å². The standard InChI is InChI=1S/C32H42N4O5/c1-8-40-29(38)23-18-35-24(17-25(23)37)28-22-11-9-10-21(27(22)33-36(28)19-26(35)31(2,3)4)16-20-12-14-34(15-13-20)30(39)41-32(5,6)7/h9-11,17-18,20,26H,8,12-16,19H2,1-7H3. The number of benzene rings is 1. The molecule has 1 saturated heterocycles. The van der Waals surface area contributed by atoms with Gasteiger partial charge in [0.05, 0.1) is 36.1 Å². The van der Waals surface area contributed by atoms with Gasteiger partial charge in [-0.1, -0.05) is 39.0 Å². The van der Waals surface area contributed by atoms with Gasteiger partial charge in [0.25, 0.3) is 0 Å². The molecule has 41 heavy (non-hydrogen) atoms. The predicted octanol–water partition coefficient (Wildman–Crippen LogP) is 5.83. The smallest absolute Gasteiger partial charge is 0.410 e. The lowest BCUT2D eigenvalue weighted by atomic mass is 9.84. The lowest BCUT2D eigenvalue weighted by Gasteiger charge is -2.38. The van der Waals surface area contributed by atoms with Crippen LogP contribution >= 0.6 is 0 Å². The van der Waals surface area contributed by atoms with Crippen molar-refractivity contribution in [3.63, 3.8) is 0 Å². The molecule has 1 amide bonds. The summed E-state index contributed by atoms with van der Waals surface area (Å²) in [6.45, 7) is 16.1. The summed E-state index contributed by atoms with van der Waals surface area (Å²) in [7, 11) is 0. The van der Waals surface area contributed by atoms with Crippen LogP contribution in [0.15, 0.2) is 35.3 Å². The number of carbonyl (C=O) groups is 2. The van der Waals surface area contributed by atoms with Crippen molar-refractivity contribution in [3.8, 4) is 11.4 Å². The Hall–Kier alpha value is -3.62. The van der Waals surface area contributed by atoms with Crippen LogP contribution in [0.2, 0.25) is 0 Å². The molecule has 1 fully saturated rings. The van der Waals surface area contributed by atoms with Gasteiger partial charge in [0.15, 0.2) is 5.43 Å². The topological polar surface area (TPSA) is 95.7 Å². The largest absolute Gasteiger partial charge is 0.462 e. The van der Waals surface area contributed by atoms with Gasteiger partial charge in [-0.25, -0.2) is 9.59 Å². The van der Waals surface area contributed by atoms with E-state index >= 15 is 0 Å². The number of carbonyl (C=O) groups excluding carboxylic acids is 2. The minimum Gasteiger partial charge on any atom is -0.462 e. The lowest BCUT2D eigenvalue weighted by Crippen LogP contribution is -2.42. The number of rotatable bonds is 4. The third-order valence-electron chi connectivity index (χ3n) is 8.13. The molecule has 9 heteroatoms. The number of amides is 1. The molecule has 0 bridgehead atoms. The van der Waals surface area contributed by atoms with Gasteiger partial charge in [0, 0.05) is 30.7 Å². The van der Waals surface area contributed by atoms with Gasteiger partial charge in [-0.3, -0.25) is 9.48 Å². The minimum absolute atomic E-state index is 0.0197. The molecule has 5 rings (SSSR count). The van der Waals surface area contributed by atoms with Crippen LogP contribution in [-0.4, -0.2) is 56.6 Å². The van der Waals surface area contributed by atoms with E-state index in [9.17, 15) is 14.4 Å². The van der Waals surface area contributed by atoms with Gasteiger partial charge in [-0.15, -0.1) is 0 Å². The highest BCUT2D eigenvalue weighted by Gasteiger charge is 2.36. The summed E-state index contributed by atoms with van der Waals surface area (Å²) in [6.07, 6.45) is 4.12. The Labute approximate surface area is 241 Å². The highest BCUT2D eigenvalue weighted by atomic mass is 16.6.